The third-order valence-electron chi connectivity index (χ3n) is 3.65. The van der Waals surface area contributed by atoms with E-state index in [9.17, 15) is 4.79 Å². The number of para-hydroxylation sites is 1. The van der Waals surface area contributed by atoms with Crippen molar-refractivity contribution in [3.05, 3.63) is 41.6 Å². The van der Waals surface area contributed by atoms with E-state index < -0.39 is 5.97 Å². The van der Waals surface area contributed by atoms with E-state index in [-0.39, 0.29) is 5.92 Å². The summed E-state index contributed by atoms with van der Waals surface area (Å²) >= 11 is 0. The molecular weight excluding hydrogens is 242 g/mol. The van der Waals surface area contributed by atoms with Gasteiger partial charge in [0.25, 0.3) is 0 Å². The normalized spacial score (nSPS) is 18.0. The van der Waals surface area contributed by atoms with E-state index >= 15 is 0 Å². The summed E-state index contributed by atoms with van der Waals surface area (Å²) in [4.78, 5) is 11.1. The molecule has 5 nitrogen and oxygen atoms in total. The Kier molecular flexibility index (Phi) is 2.74. The first-order valence-electron chi connectivity index (χ1n) is 6.31. The van der Waals surface area contributed by atoms with Crippen molar-refractivity contribution in [1.82, 2.24) is 9.78 Å². The highest BCUT2D eigenvalue weighted by Gasteiger charge is 2.29. The lowest BCUT2D eigenvalue weighted by atomic mass is 9.87. The number of anilines is 1. The molecule has 1 atom stereocenters. The third kappa shape index (κ3) is 1.97. The number of benzene rings is 1. The highest BCUT2D eigenvalue weighted by Crippen LogP contribution is 2.31. The fourth-order valence-electron chi connectivity index (χ4n) is 2.64. The Balaban J connectivity index is 2.03. The van der Waals surface area contributed by atoms with Crippen molar-refractivity contribution in [2.45, 2.75) is 19.3 Å². The first-order chi connectivity index (χ1) is 9.16. The Hall–Kier alpha value is -2.30. The van der Waals surface area contributed by atoms with Crippen LogP contribution in [0.1, 0.15) is 17.7 Å². The Labute approximate surface area is 110 Å². The Bertz CT molecular complexity index is 619. The molecule has 0 saturated heterocycles. The van der Waals surface area contributed by atoms with Crippen molar-refractivity contribution in [3.8, 4) is 5.69 Å². The van der Waals surface area contributed by atoms with Crippen LogP contribution >= 0.6 is 0 Å². The predicted molar refractivity (Wildman–Crippen MR) is 71.1 cm³/mol. The van der Waals surface area contributed by atoms with Gasteiger partial charge in [-0.2, -0.15) is 5.10 Å². The number of rotatable bonds is 2. The molecule has 2 aromatic rings. The van der Waals surface area contributed by atoms with Crippen LogP contribution in [0.3, 0.4) is 0 Å². The molecule has 0 amide bonds. The van der Waals surface area contributed by atoms with E-state index in [1.807, 2.05) is 35.0 Å². The molecule has 1 aliphatic rings. The van der Waals surface area contributed by atoms with Gasteiger partial charge in [-0.3, -0.25) is 4.79 Å². The zero-order chi connectivity index (χ0) is 13.4. The van der Waals surface area contributed by atoms with E-state index in [2.05, 4.69) is 5.10 Å². The summed E-state index contributed by atoms with van der Waals surface area (Å²) < 4.78 is 1.84. The minimum Gasteiger partial charge on any atom is -0.481 e. The van der Waals surface area contributed by atoms with Crippen LogP contribution < -0.4 is 5.73 Å². The van der Waals surface area contributed by atoms with Crippen molar-refractivity contribution < 1.29 is 9.90 Å². The molecule has 1 heterocycles. The van der Waals surface area contributed by atoms with Crippen LogP contribution in [0.25, 0.3) is 5.69 Å². The van der Waals surface area contributed by atoms with E-state index in [1.54, 1.807) is 0 Å². The molecule has 1 aromatic heterocycles. The molecule has 5 heteroatoms. The largest absolute Gasteiger partial charge is 0.481 e. The van der Waals surface area contributed by atoms with Crippen LogP contribution in [-0.4, -0.2) is 20.9 Å². The minimum atomic E-state index is -0.752. The monoisotopic (exact) mass is 257 g/mol. The van der Waals surface area contributed by atoms with Crippen LogP contribution in [0, 0.1) is 5.92 Å². The third-order valence-corrected chi connectivity index (χ3v) is 3.65. The number of nitrogens with two attached hydrogens (primary N) is 1. The molecule has 0 saturated carbocycles. The van der Waals surface area contributed by atoms with Crippen LogP contribution in [0.2, 0.25) is 0 Å². The number of aromatic nitrogens is 2. The van der Waals surface area contributed by atoms with E-state index in [1.165, 1.54) is 0 Å². The summed E-state index contributed by atoms with van der Waals surface area (Å²) in [5.41, 5.74) is 8.83. The van der Waals surface area contributed by atoms with E-state index in [4.69, 9.17) is 10.8 Å². The molecule has 0 spiro atoms. The number of fused-ring (bicyclic) bond motifs is 1. The van der Waals surface area contributed by atoms with Gasteiger partial charge < -0.3 is 10.8 Å². The molecule has 1 aromatic carbocycles. The highest BCUT2D eigenvalue weighted by atomic mass is 16.4. The second-order valence-corrected chi connectivity index (χ2v) is 4.84. The quantitative estimate of drug-likeness (QED) is 0.857. The molecule has 3 rings (SSSR count). The second kappa shape index (κ2) is 4.42. The van der Waals surface area contributed by atoms with Crippen LogP contribution in [0.4, 0.5) is 5.82 Å². The van der Waals surface area contributed by atoms with Gasteiger partial charge in [-0.05, 0) is 31.4 Å². The average Bonchev–Trinajstić information content (AvgIpc) is 2.77. The molecule has 0 bridgehead atoms. The highest BCUT2D eigenvalue weighted by molar-refractivity contribution is 5.71. The van der Waals surface area contributed by atoms with Gasteiger partial charge in [0.1, 0.15) is 5.82 Å². The number of nitrogen functional groups attached to an aromatic ring is 1. The first kappa shape index (κ1) is 11.8. The molecule has 0 fully saturated rings. The van der Waals surface area contributed by atoms with Gasteiger partial charge in [-0.25, -0.2) is 4.68 Å². The Morgan fingerprint density at radius 1 is 1.37 bits per heavy atom. The lowest BCUT2D eigenvalue weighted by Gasteiger charge is -2.19. The van der Waals surface area contributed by atoms with E-state index in [0.717, 1.165) is 16.9 Å². The average molecular weight is 257 g/mol. The number of carboxylic acids is 1. The van der Waals surface area contributed by atoms with Crippen molar-refractivity contribution in [3.63, 3.8) is 0 Å². The van der Waals surface area contributed by atoms with Crippen LogP contribution in [0.5, 0.6) is 0 Å². The number of nitrogens with zero attached hydrogens (tertiary/aromatic N) is 2. The van der Waals surface area contributed by atoms with Gasteiger partial charge in [-0.1, -0.05) is 18.2 Å². The van der Waals surface area contributed by atoms with Gasteiger partial charge in [0, 0.05) is 11.3 Å². The summed E-state index contributed by atoms with van der Waals surface area (Å²) in [5, 5.41) is 13.5. The van der Waals surface area contributed by atoms with Gasteiger partial charge in [0.05, 0.1) is 11.6 Å². The fraction of sp³-hybridized carbons (Fsp3) is 0.286. The molecule has 98 valence electrons. The van der Waals surface area contributed by atoms with Crippen LogP contribution in [0.15, 0.2) is 30.3 Å². The molecular formula is C14H15N3O2. The van der Waals surface area contributed by atoms with Gasteiger partial charge in [-0.15, -0.1) is 0 Å². The predicted octanol–water partition coefficient (Wildman–Crippen LogP) is 1.64. The first-order valence-corrected chi connectivity index (χ1v) is 6.31. The second-order valence-electron chi connectivity index (χ2n) is 4.84. The molecule has 1 unspecified atom stereocenters. The Morgan fingerprint density at radius 3 is 2.79 bits per heavy atom. The number of hydrogen-bond acceptors (Lipinski definition) is 3. The minimum absolute atomic E-state index is 0.344. The summed E-state index contributed by atoms with van der Waals surface area (Å²) in [6.45, 7) is 0. The molecule has 0 radical (unpaired) electrons. The molecule has 1 aliphatic carbocycles. The van der Waals surface area contributed by atoms with Crippen LogP contribution in [-0.2, 0) is 17.6 Å². The van der Waals surface area contributed by atoms with Gasteiger partial charge >= 0.3 is 5.97 Å². The lowest BCUT2D eigenvalue weighted by Crippen LogP contribution is -2.23. The van der Waals surface area contributed by atoms with Crippen molar-refractivity contribution in [1.29, 1.82) is 0 Å². The summed E-state index contributed by atoms with van der Waals surface area (Å²) in [5.74, 6) is -0.648. The molecule has 0 aliphatic heterocycles. The number of hydrogen-bond donors (Lipinski definition) is 2. The number of aliphatic carboxylic acids is 1. The fourth-order valence-corrected chi connectivity index (χ4v) is 2.64. The SMILES string of the molecule is Nc1nn(-c2ccccc2)c2c1CC(C(=O)O)CC2. The lowest BCUT2D eigenvalue weighted by molar-refractivity contribution is -0.142. The summed E-state index contributed by atoms with van der Waals surface area (Å²) in [7, 11) is 0. The molecule has 3 N–H and O–H groups in total. The topological polar surface area (TPSA) is 81.1 Å². The number of carbonyl (C=O) groups is 1. The maximum Gasteiger partial charge on any atom is 0.306 e. The maximum absolute atomic E-state index is 11.1. The smallest absolute Gasteiger partial charge is 0.306 e. The summed E-state index contributed by atoms with van der Waals surface area (Å²) in [6, 6.07) is 9.78. The van der Waals surface area contributed by atoms with Crippen molar-refractivity contribution >= 4 is 11.8 Å². The van der Waals surface area contributed by atoms with E-state index in [0.29, 0.717) is 25.1 Å². The zero-order valence-electron chi connectivity index (χ0n) is 10.4. The number of carboxylic acid groups (broad SMARTS) is 1. The summed E-state index contributed by atoms with van der Waals surface area (Å²) in [6.07, 6.45) is 1.81. The van der Waals surface area contributed by atoms with Crippen molar-refractivity contribution in [2.24, 2.45) is 5.92 Å². The zero-order valence-corrected chi connectivity index (χ0v) is 10.4. The Morgan fingerprint density at radius 2 is 2.11 bits per heavy atom. The maximum atomic E-state index is 11.1. The van der Waals surface area contributed by atoms with Crippen molar-refractivity contribution in [2.75, 3.05) is 5.73 Å². The molecule has 19 heavy (non-hydrogen) atoms. The van der Waals surface area contributed by atoms with Gasteiger partial charge in [0.15, 0.2) is 0 Å². The standard InChI is InChI=1S/C14H15N3O2/c15-13-11-8-9(14(18)19)6-7-12(11)17(16-13)10-4-2-1-3-5-10/h1-5,9H,6-8H2,(H2,15,16)(H,18,19). The van der Waals surface area contributed by atoms with Gasteiger partial charge in [0.2, 0.25) is 0 Å².